The number of hydrogen-bond acceptors (Lipinski definition) is 5. The van der Waals surface area contributed by atoms with Gasteiger partial charge in [0.2, 0.25) is 0 Å². The van der Waals surface area contributed by atoms with E-state index in [0.717, 1.165) is 46.4 Å². The molecule has 4 rings (SSSR count). The van der Waals surface area contributed by atoms with E-state index in [1.807, 2.05) is 61.9 Å². The lowest BCUT2D eigenvalue weighted by atomic mass is 10.00. The Morgan fingerprint density at radius 2 is 1.74 bits per heavy atom. The molecule has 1 aromatic carbocycles. The molecule has 0 saturated heterocycles. The van der Waals surface area contributed by atoms with Crippen LogP contribution in [0.4, 0.5) is 0 Å². The highest BCUT2D eigenvalue weighted by atomic mass is 35.5. The molecule has 0 spiro atoms. The van der Waals surface area contributed by atoms with E-state index in [1.165, 1.54) is 0 Å². The van der Waals surface area contributed by atoms with Crippen molar-refractivity contribution in [1.82, 2.24) is 19.7 Å². The van der Waals surface area contributed by atoms with Crippen molar-refractivity contribution in [2.24, 2.45) is 0 Å². The van der Waals surface area contributed by atoms with Crippen molar-refractivity contribution in [3.8, 4) is 17.1 Å². The molecule has 0 aliphatic rings. The molecule has 0 amide bonds. The second-order valence-corrected chi connectivity index (χ2v) is 21.0. The molecule has 3 aromatic heterocycles. The molecule has 0 fully saturated rings. The number of rotatable bonds is 10. The fourth-order valence-corrected chi connectivity index (χ4v) is 6.90. The minimum Gasteiger partial charge on any atom is -0.411 e. The van der Waals surface area contributed by atoms with Crippen LogP contribution in [-0.4, -0.2) is 42.8 Å². The van der Waals surface area contributed by atoms with Crippen LogP contribution in [0.2, 0.25) is 23.2 Å². The highest BCUT2D eigenvalue weighted by Crippen LogP contribution is 2.37. The van der Waals surface area contributed by atoms with Crippen LogP contribution in [0, 0.1) is 0 Å². The van der Waals surface area contributed by atoms with E-state index in [0.29, 0.717) is 23.2 Å². The van der Waals surface area contributed by atoms with E-state index in [9.17, 15) is 4.21 Å². The summed E-state index contributed by atoms with van der Waals surface area (Å²) in [6, 6.07) is 16.0. The van der Waals surface area contributed by atoms with Gasteiger partial charge in [-0.3, -0.25) is 9.19 Å². The Hall–Kier alpha value is -2.39. The first-order valence-electron chi connectivity index (χ1n) is 14.7. The van der Waals surface area contributed by atoms with Crippen LogP contribution in [-0.2, 0) is 21.8 Å². The molecule has 0 radical (unpaired) electrons. The molecule has 9 heteroatoms. The Bertz CT molecular complexity index is 1570. The summed E-state index contributed by atoms with van der Waals surface area (Å²) < 4.78 is 21.0. The standard InChI is InChI=1S/C33H45ClN4O2SSi/c1-10-13-23(22-41(39)32(2,3)4)28-15-12-16-29(37-28)24-18-27(34)26-20-35-38(30(26)19-24)31-17-11-14-25(36-31)21-40-42(8,9)33(5,6)7/h11-12,14-20,23H,10,13,21-22H2,1-9H3/t23-,41?/m1/s1. The van der Waals surface area contributed by atoms with Gasteiger partial charge in [0, 0.05) is 43.9 Å². The molecular formula is C33H45ClN4O2SSi. The number of nitrogens with zero attached hydrogens (tertiary/aromatic N) is 4. The maximum absolute atomic E-state index is 13.0. The van der Waals surface area contributed by atoms with E-state index in [-0.39, 0.29) is 15.7 Å². The van der Waals surface area contributed by atoms with Crippen LogP contribution >= 0.6 is 11.6 Å². The van der Waals surface area contributed by atoms with Crippen molar-refractivity contribution >= 4 is 41.6 Å². The lowest BCUT2D eigenvalue weighted by molar-refractivity contribution is 0.272. The molecule has 42 heavy (non-hydrogen) atoms. The first kappa shape index (κ1) is 32.5. The number of pyridine rings is 2. The van der Waals surface area contributed by atoms with Gasteiger partial charge in [0.15, 0.2) is 14.1 Å². The maximum atomic E-state index is 13.0. The lowest BCUT2D eigenvalue weighted by Crippen LogP contribution is -2.40. The average molecular weight is 625 g/mol. The fraction of sp³-hybridized carbons (Fsp3) is 0.485. The molecule has 1 unspecified atom stereocenters. The van der Waals surface area contributed by atoms with Gasteiger partial charge >= 0.3 is 0 Å². The minimum atomic E-state index is -1.91. The Balaban J connectivity index is 1.68. The number of aromatic nitrogens is 4. The molecule has 4 aromatic rings. The van der Waals surface area contributed by atoms with Crippen molar-refractivity contribution in [2.75, 3.05) is 5.75 Å². The van der Waals surface area contributed by atoms with E-state index in [4.69, 9.17) is 26.0 Å². The summed E-state index contributed by atoms with van der Waals surface area (Å²) in [6.07, 6.45) is 3.72. The summed E-state index contributed by atoms with van der Waals surface area (Å²) in [4.78, 5) is 9.96. The maximum Gasteiger partial charge on any atom is 0.192 e. The Kier molecular flexibility index (Phi) is 9.82. The van der Waals surface area contributed by atoms with Gasteiger partial charge in [-0.1, -0.05) is 57.8 Å². The molecule has 6 nitrogen and oxygen atoms in total. The van der Waals surface area contributed by atoms with Crippen molar-refractivity contribution in [3.63, 3.8) is 0 Å². The third-order valence-electron chi connectivity index (χ3n) is 8.19. The fourth-order valence-electron chi connectivity index (χ4n) is 4.49. The number of hydrogen-bond donors (Lipinski definition) is 0. The van der Waals surface area contributed by atoms with Gasteiger partial charge in [0.25, 0.3) is 0 Å². The summed E-state index contributed by atoms with van der Waals surface area (Å²) in [5.41, 5.74) is 4.43. The molecule has 2 atom stereocenters. The predicted octanol–water partition coefficient (Wildman–Crippen LogP) is 9.09. The second-order valence-electron chi connectivity index (χ2n) is 13.5. The normalized spacial score (nSPS) is 14.3. The zero-order valence-corrected chi connectivity index (χ0v) is 29.1. The van der Waals surface area contributed by atoms with Crippen LogP contribution in [0.25, 0.3) is 28.0 Å². The van der Waals surface area contributed by atoms with Crippen molar-refractivity contribution in [3.05, 3.63) is 71.1 Å². The van der Waals surface area contributed by atoms with Gasteiger partial charge in [-0.15, -0.1) is 0 Å². The van der Waals surface area contributed by atoms with Gasteiger partial charge in [-0.25, -0.2) is 9.67 Å². The van der Waals surface area contributed by atoms with Crippen molar-refractivity contribution in [2.45, 2.75) is 96.7 Å². The van der Waals surface area contributed by atoms with E-state index >= 15 is 0 Å². The molecule has 0 aliphatic carbocycles. The van der Waals surface area contributed by atoms with Crippen molar-refractivity contribution in [1.29, 1.82) is 0 Å². The summed E-state index contributed by atoms with van der Waals surface area (Å²) in [6.45, 7) is 19.9. The monoisotopic (exact) mass is 624 g/mol. The highest BCUT2D eigenvalue weighted by Gasteiger charge is 2.37. The molecule has 226 valence electrons. The van der Waals surface area contributed by atoms with Gasteiger partial charge in [-0.05, 0) is 81.7 Å². The predicted molar refractivity (Wildman–Crippen MR) is 180 cm³/mol. The number of benzene rings is 1. The van der Waals surface area contributed by atoms with Crippen LogP contribution in [0.1, 0.15) is 78.6 Å². The lowest BCUT2D eigenvalue weighted by Gasteiger charge is -2.36. The Labute approximate surface area is 259 Å². The summed E-state index contributed by atoms with van der Waals surface area (Å²) in [5.74, 6) is 1.44. The quantitative estimate of drug-likeness (QED) is 0.165. The average Bonchev–Trinajstić information content (AvgIpc) is 3.35. The van der Waals surface area contributed by atoms with Crippen molar-refractivity contribution < 1.29 is 8.63 Å². The molecular weight excluding hydrogens is 580 g/mol. The summed E-state index contributed by atoms with van der Waals surface area (Å²) in [5, 5.41) is 6.25. The van der Waals surface area contributed by atoms with E-state index < -0.39 is 19.1 Å². The largest absolute Gasteiger partial charge is 0.411 e. The van der Waals surface area contributed by atoms with E-state index in [2.05, 4.69) is 58.0 Å². The number of halogens is 1. The second kappa shape index (κ2) is 12.7. The van der Waals surface area contributed by atoms with Crippen LogP contribution in [0.3, 0.4) is 0 Å². The first-order chi connectivity index (χ1) is 19.6. The van der Waals surface area contributed by atoms with Crippen LogP contribution in [0.5, 0.6) is 0 Å². The Morgan fingerprint density at radius 3 is 2.40 bits per heavy atom. The van der Waals surface area contributed by atoms with E-state index in [1.54, 1.807) is 6.20 Å². The zero-order valence-electron chi connectivity index (χ0n) is 26.5. The SMILES string of the molecule is CCC[C@H](CS(=O)C(C)(C)C)c1cccc(-c2cc(Cl)c3cnn(-c4cccc(CO[Si](C)(C)C(C)(C)C)n4)c3c2)n1. The van der Waals surface area contributed by atoms with Crippen LogP contribution in [0.15, 0.2) is 54.7 Å². The zero-order chi connectivity index (χ0) is 30.9. The first-order valence-corrected chi connectivity index (χ1v) is 19.3. The van der Waals surface area contributed by atoms with Gasteiger partial charge in [0.05, 0.1) is 34.7 Å². The smallest absolute Gasteiger partial charge is 0.192 e. The molecule has 0 N–H and O–H groups in total. The molecule has 0 bridgehead atoms. The molecule has 3 heterocycles. The Morgan fingerprint density at radius 1 is 1.02 bits per heavy atom. The highest BCUT2D eigenvalue weighted by molar-refractivity contribution is 7.86. The third-order valence-corrected chi connectivity index (χ3v) is 15.1. The molecule has 0 aliphatic heterocycles. The minimum absolute atomic E-state index is 0.125. The molecule has 0 saturated carbocycles. The third kappa shape index (κ3) is 7.39. The number of fused-ring (bicyclic) bond motifs is 1. The topological polar surface area (TPSA) is 69.9 Å². The van der Waals surface area contributed by atoms with Gasteiger partial charge in [-0.2, -0.15) is 5.10 Å². The summed E-state index contributed by atoms with van der Waals surface area (Å²) >= 11 is 6.80. The van der Waals surface area contributed by atoms with Gasteiger partial charge in [0.1, 0.15) is 0 Å². The van der Waals surface area contributed by atoms with Gasteiger partial charge < -0.3 is 4.43 Å². The summed E-state index contributed by atoms with van der Waals surface area (Å²) in [7, 11) is -2.87. The van der Waals surface area contributed by atoms with Crippen LogP contribution < -0.4 is 0 Å².